The Bertz CT molecular complexity index is 647. The van der Waals surface area contributed by atoms with Crippen molar-refractivity contribution < 1.29 is 9.53 Å². The Balaban J connectivity index is 2.69. The molecule has 2 heterocycles. The first-order valence-electron chi connectivity index (χ1n) is 5.34. The maximum Gasteiger partial charge on any atom is 0.176 e. The number of aldehydes is 1. The van der Waals surface area contributed by atoms with Gasteiger partial charge in [0.15, 0.2) is 11.3 Å². The van der Waals surface area contributed by atoms with Crippen molar-refractivity contribution in [1.29, 1.82) is 5.26 Å². The van der Waals surface area contributed by atoms with Gasteiger partial charge in [-0.2, -0.15) is 5.26 Å². The van der Waals surface area contributed by atoms with Gasteiger partial charge in [-0.3, -0.25) is 4.79 Å². The molecule has 0 aliphatic carbocycles. The summed E-state index contributed by atoms with van der Waals surface area (Å²) in [7, 11) is 1.57. The molecule has 18 heavy (non-hydrogen) atoms. The molecule has 0 fully saturated rings. The van der Waals surface area contributed by atoms with Crippen molar-refractivity contribution >= 4 is 17.6 Å². The van der Waals surface area contributed by atoms with E-state index in [2.05, 4.69) is 6.07 Å². The SMILES string of the molecule is COc1cc(C#N)c(-n2c(C)cc(C=O)c2C)s1. The number of aryl methyl sites for hydroxylation is 1. The average molecular weight is 260 g/mol. The Kier molecular flexibility index (Phi) is 3.21. The molecule has 92 valence electrons. The Morgan fingerprint density at radius 2 is 2.17 bits per heavy atom. The molecule has 0 saturated carbocycles. The van der Waals surface area contributed by atoms with E-state index in [-0.39, 0.29) is 0 Å². The van der Waals surface area contributed by atoms with Crippen molar-refractivity contribution in [2.45, 2.75) is 13.8 Å². The smallest absolute Gasteiger partial charge is 0.176 e. The molecule has 4 nitrogen and oxygen atoms in total. The molecular weight excluding hydrogens is 248 g/mol. The lowest BCUT2D eigenvalue weighted by Gasteiger charge is -2.06. The summed E-state index contributed by atoms with van der Waals surface area (Å²) < 4.78 is 7.07. The number of hydrogen-bond acceptors (Lipinski definition) is 4. The van der Waals surface area contributed by atoms with Gasteiger partial charge in [0.2, 0.25) is 0 Å². The molecule has 0 saturated heterocycles. The highest BCUT2D eigenvalue weighted by atomic mass is 32.1. The number of nitrogens with zero attached hydrogens (tertiary/aromatic N) is 2. The number of ether oxygens (including phenoxy) is 1. The van der Waals surface area contributed by atoms with E-state index in [9.17, 15) is 4.79 Å². The van der Waals surface area contributed by atoms with E-state index in [1.165, 1.54) is 11.3 Å². The molecule has 0 radical (unpaired) electrons. The van der Waals surface area contributed by atoms with Crippen molar-refractivity contribution in [2.24, 2.45) is 0 Å². The van der Waals surface area contributed by atoms with Crippen LogP contribution in [0, 0.1) is 25.2 Å². The monoisotopic (exact) mass is 260 g/mol. The van der Waals surface area contributed by atoms with Crippen molar-refractivity contribution in [2.75, 3.05) is 7.11 Å². The number of methoxy groups -OCH3 is 1. The van der Waals surface area contributed by atoms with Crippen molar-refractivity contribution in [3.05, 3.63) is 34.6 Å². The number of nitriles is 1. The maximum absolute atomic E-state index is 10.9. The highest BCUT2D eigenvalue weighted by Gasteiger charge is 2.16. The second-order valence-electron chi connectivity index (χ2n) is 3.88. The zero-order valence-electron chi connectivity index (χ0n) is 10.4. The lowest BCUT2D eigenvalue weighted by molar-refractivity contribution is 0.112. The first-order valence-corrected chi connectivity index (χ1v) is 6.16. The quantitative estimate of drug-likeness (QED) is 0.797. The molecule has 2 aromatic rings. The summed E-state index contributed by atoms with van der Waals surface area (Å²) in [4.78, 5) is 10.9. The van der Waals surface area contributed by atoms with E-state index in [1.54, 1.807) is 13.2 Å². The van der Waals surface area contributed by atoms with Crippen LogP contribution in [0.3, 0.4) is 0 Å². The average Bonchev–Trinajstić information content (AvgIpc) is 2.90. The van der Waals surface area contributed by atoms with Crippen LogP contribution in [0.5, 0.6) is 5.06 Å². The van der Waals surface area contributed by atoms with E-state index in [0.717, 1.165) is 22.7 Å². The van der Waals surface area contributed by atoms with Gasteiger partial charge < -0.3 is 9.30 Å². The zero-order chi connectivity index (χ0) is 13.3. The van der Waals surface area contributed by atoms with E-state index in [0.29, 0.717) is 16.2 Å². The Labute approximate surface area is 109 Å². The molecule has 0 unspecified atom stereocenters. The molecule has 0 amide bonds. The third kappa shape index (κ3) is 1.81. The number of carbonyl (C=O) groups excluding carboxylic acids is 1. The largest absolute Gasteiger partial charge is 0.487 e. The molecule has 0 atom stereocenters. The van der Waals surface area contributed by atoms with E-state index >= 15 is 0 Å². The molecular formula is C13H12N2O2S. The summed E-state index contributed by atoms with van der Waals surface area (Å²) in [6.45, 7) is 3.78. The van der Waals surface area contributed by atoms with Crippen molar-refractivity contribution in [1.82, 2.24) is 4.57 Å². The van der Waals surface area contributed by atoms with Crippen molar-refractivity contribution in [3.8, 4) is 16.1 Å². The molecule has 0 aliphatic rings. The summed E-state index contributed by atoms with van der Waals surface area (Å²) in [6.07, 6.45) is 0.829. The Hall–Kier alpha value is -2.06. The highest BCUT2D eigenvalue weighted by molar-refractivity contribution is 7.16. The minimum Gasteiger partial charge on any atom is -0.487 e. The predicted octanol–water partition coefficient (Wildman–Crippen LogP) is 2.85. The second kappa shape index (κ2) is 4.67. The van der Waals surface area contributed by atoms with Crippen LogP contribution in [-0.4, -0.2) is 18.0 Å². The van der Waals surface area contributed by atoms with Gasteiger partial charge in [0.1, 0.15) is 11.1 Å². The zero-order valence-corrected chi connectivity index (χ0v) is 11.2. The highest BCUT2D eigenvalue weighted by Crippen LogP contribution is 2.34. The summed E-state index contributed by atoms with van der Waals surface area (Å²) in [5, 5.41) is 10.6. The van der Waals surface area contributed by atoms with E-state index < -0.39 is 0 Å². The summed E-state index contributed by atoms with van der Waals surface area (Å²) in [5.41, 5.74) is 2.96. The third-order valence-electron chi connectivity index (χ3n) is 2.81. The van der Waals surface area contributed by atoms with E-state index in [4.69, 9.17) is 10.00 Å². The molecule has 0 bridgehead atoms. The predicted molar refractivity (Wildman–Crippen MR) is 69.8 cm³/mol. The van der Waals surface area contributed by atoms with Gasteiger partial charge in [-0.15, -0.1) is 0 Å². The lowest BCUT2D eigenvalue weighted by Crippen LogP contribution is -1.98. The van der Waals surface area contributed by atoms with Gasteiger partial charge in [0.25, 0.3) is 0 Å². The fourth-order valence-electron chi connectivity index (χ4n) is 1.93. The standard InChI is InChI=1S/C13H12N2O2S/c1-8-4-11(7-16)9(2)15(8)13-10(6-14)5-12(17-3)18-13/h4-5,7H,1-3H3. The second-order valence-corrected chi connectivity index (χ2v) is 4.87. The van der Waals surface area contributed by atoms with Crippen LogP contribution in [0.2, 0.25) is 0 Å². The lowest BCUT2D eigenvalue weighted by atomic mass is 10.3. The number of aromatic nitrogens is 1. The van der Waals surface area contributed by atoms with Crippen LogP contribution in [-0.2, 0) is 0 Å². The Morgan fingerprint density at radius 3 is 2.67 bits per heavy atom. The third-order valence-corrected chi connectivity index (χ3v) is 3.89. The molecule has 5 heteroatoms. The summed E-state index contributed by atoms with van der Waals surface area (Å²) in [5.74, 6) is 0. The molecule has 0 spiro atoms. The van der Waals surface area contributed by atoms with Crippen molar-refractivity contribution in [3.63, 3.8) is 0 Å². The van der Waals surface area contributed by atoms with Gasteiger partial charge in [-0.05, 0) is 19.9 Å². The van der Waals surface area contributed by atoms with Gasteiger partial charge in [0.05, 0.1) is 12.7 Å². The fourth-order valence-corrected chi connectivity index (χ4v) is 2.96. The van der Waals surface area contributed by atoms with Crippen LogP contribution in [0.1, 0.15) is 27.3 Å². The van der Waals surface area contributed by atoms with Crippen LogP contribution in [0.15, 0.2) is 12.1 Å². The summed E-state index contributed by atoms with van der Waals surface area (Å²) >= 11 is 1.39. The van der Waals surface area contributed by atoms with Gasteiger partial charge in [0, 0.05) is 23.0 Å². The van der Waals surface area contributed by atoms with Crippen LogP contribution >= 0.6 is 11.3 Å². The summed E-state index contributed by atoms with van der Waals surface area (Å²) in [6, 6.07) is 5.67. The topological polar surface area (TPSA) is 55.0 Å². The van der Waals surface area contributed by atoms with Crippen LogP contribution in [0.4, 0.5) is 0 Å². The number of rotatable bonds is 3. The number of thiophene rings is 1. The van der Waals surface area contributed by atoms with E-state index in [1.807, 2.05) is 24.5 Å². The minimum atomic E-state index is 0.552. The molecule has 0 aliphatic heterocycles. The van der Waals surface area contributed by atoms with Gasteiger partial charge in [-0.1, -0.05) is 11.3 Å². The van der Waals surface area contributed by atoms with Crippen LogP contribution in [0.25, 0.3) is 5.00 Å². The maximum atomic E-state index is 10.9. The fraction of sp³-hybridized carbons (Fsp3) is 0.231. The Morgan fingerprint density at radius 1 is 1.44 bits per heavy atom. The normalized spacial score (nSPS) is 10.1. The molecule has 2 rings (SSSR count). The number of hydrogen-bond donors (Lipinski definition) is 0. The van der Waals surface area contributed by atoms with Gasteiger partial charge in [-0.25, -0.2) is 0 Å². The minimum absolute atomic E-state index is 0.552. The number of carbonyl (C=O) groups is 1. The van der Waals surface area contributed by atoms with Crippen LogP contribution < -0.4 is 4.74 Å². The van der Waals surface area contributed by atoms with Gasteiger partial charge >= 0.3 is 0 Å². The molecule has 0 aromatic carbocycles. The first kappa shape index (κ1) is 12.4. The first-order chi connectivity index (χ1) is 8.62. The molecule has 0 N–H and O–H groups in total. The molecule has 2 aromatic heterocycles.